The lowest BCUT2D eigenvalue weighted by Gasteiger charge is -1.96. The molecule has 0 radical (unpaired) electrons. The summed E-state index contributed by atoms with van der Waals surface area (Å²) < 4.78 is 0. The van der Waals surface area contributed by atoms with Crippen molar-refractivity contribution in [2.75, 3.05) is 0 Å². The second-order valence-corrected chi connectivity index (χ2v) is 5.12. The van der Waals surface area contributed by atoms with E-state index in [-0.39, 0.29) is 4.91 Å². The zero-order chi connectivity index (χ0) is 12.3. The van der Waals surface area contributed by atoms with Gasteiger partial charge in [-0.05, 0) is 36.2 Å². The molecule has 0 aliphatic heterocycles. The molecule has 0 aromatic carbocycles. The van der Waals surface area contributed by atoms with E-state index < -0.39 is 5.97 Å². The summed E-state index contributed by atoms with van der Waals surface area (Å²) in [5.41, 5.74) is 0. The van der Waals surface area contributed by atoms with E-state index in [0.29, 0.717) is 11.0 Å². The van der Waals surface area contributed by atoms with E-state index in [1.165, 1.54) is 11.3 Å². The molecular weight excluding hydrogens is 258 g/mol. The van der Waals surface area contributed by atoms with Crippen LogP contribution < -0.4 is 0 Å². The van der Waals surface area contributed by atoms with Crippen molar-refractivity contribution in [1.82, 2.24) is 15.2 Å². The standard InChI is InChI=1S/C10H9N3O2S2/c1-6-11-10(13-12-6)17-8(9(14)15)5-7-3-2-4-16-7/h2-5H,1H3,(H,14,15)(H,11,12,13)/b8-5-. The van der Waals surface area contributed by atoms with Gasteiger partial charge in [0.1, 0.15) is 10.7 Å². The maximum absolute atomic E-state index is 11.1. The Balaban J connectivity index is 2.21. The number of aliphatic carboxylic acids is 1. The van der Waals surface area contributed by atoms with Gasteiger partial charge < -0.3 is 5.11 Å². The van der Waals surface area contributed by atoms with Crippen molar-refractivity contribution in [3.8, 4) is 0 Å². The number of nitrogens with zero attached hydrogens (tertiary/aromatic N) is 2. The van der Waals surface area contributed by atoms with E-state index in [4.69, 9.17) is 5.11 Å². The van der Waals surface area contributed by atoms with Crippen LogP contribution in [0.1, 0.15) is 10.7 Å². The van der Waals surface area contributed by atoms with Gasteiger partial charge in [0.25, 0.3) is 0 Å². The highest BCUT2D eigenvalue weighted by Gasteiger charge is 2.12. The zero-order valence-electron chi connectivity index (χ0n) is 8.88. The number of nitrogens with one attached hydrogen (secondary N) is 1. The number of thioether (sulfide) groups is 1. The monoisotopic (exact) mass is 267 g/mol. The minimum Gasteiger partial charge on any atom is -0.477 e. The van der Waals surface area contributed by atoms with Crippen molar-refractivity contribution < 1.29 is 9.90 Å². The molecule has 0 aliphatic rings. The summed E-state index contributed by atoms with van der Waals surface area (Å²) in [5.74, 6) is -0.320. The van der Waals surface area contributed by atoms with E-state index in [9.17, 15) is 4.79 Å². The normalized spacial score (nSPS) is 11.7. The van der Waals surface area contributed by atoms with Gasteiger partial charge >= 0.3 is 5.97 Å². The summed E-state index contributed by atoms with van der Waals surface area (Å²) in [4.78, 5) is 16.2. The van der Waals surface area contributed by atoms with Crippen LogP contribution in [-0.2, 0) is 4.79 Å². The lowest BCUT2D eigenvalue weighted by molar-refractivity contribution is -0.131. The molecule has 2 aromatic heterocycles. The number of aromatic amines is 1. The summed E-state index contributed by atoms with van der Waals surface area (Å²) in [5, 5.41) is 18.0. The lowest BCUT2D eigenvalue weighted by atomic mass is 10.4. The summed E-state index contributed by atoms with van der Waals surface area (Å²) >= 11 is 2.51. The molecule has 0 saturated carbocycles. The Labute approximate surface area is 106 Å². The van der Waals surface area contributed by atoms with Gasteiger partial charge in [-0.1, -0.05) is 6.07 Å². The molecule has 2 N–H and O–H groups in total. The van der Waals surface area contributed by atoms with E-state index in [0.717, 1.165) is 16.6 Å². The number of hydrogen-bond acceptors (Lipinski definition) is 5. The number of hydrogen-bond donors (Lipinski definition) is 2. The highest BCUT2D eigenvalue weighted by Crippen LogP contribution is 2.26. The third-order valence-electron chi connectivity index (χ3n) is 1.81. The predicted octanol–water partition coefficient (Wildman–Crippen LogP) is 2.39. The highest BCUT2D eigenvalue weighted by molar-refractivity contribution is 8.04. The molecule has 0 bridgehead atoms. The summed E-state index contributed by atoms with van der Waals surface area (Å²) in [6.07, 6.45) is 1.61. The lowest BCUT2D eigenvalue weighted by Crippen LogP contribution is -1.96. The van der Waals surface area contributed by atoms with Gasteiger partial charge in [0.15, 0.2) is 0 Å². The van der Waals surface area contributed by atoms with Crippen molar-refractivity contribution in [3.05, 3.63) is 33.1 Å². The third kappa shape index (κ3) is 3.18. The molecule has 0 amide bonds. The van der Waals surface area contributed by atoms with Crippen molar-refractivity contribution >= 4 is 35.1 Å². The molecule has 88 valence electrons. The Morgan fingerprint density at radius 3 is 3.00 bits per heavy atom. The molecule has 2 rings (SSSR count). The molecular formula is C10H9N3O2S2. The summed E-state index contributed by atoms with van der Waals surface area (Å²) in [6, 6.07) is 3.73. The van der Waals surface area contributed by atoms with Gasteiger partial charge in [0, 0.05) is 4.88 Å². The van der Waals surface area contributed by atoms with Crippen LogP contribution in [0.4, 0.5) is 0 Å². The second kappa shape index (κ2) is 5.15. The molecule has 7 heteroatoms. The van der Waals surface area contributed by atoms with Crippen LogP contribution in [0.2, 0.25) is 0 Å². The molecule has 17 heavy (non-hydrogen) atoms. The summed E-state index contributed by atoms with van der Waals surface area (Å²) in [6.45, 7) is 1.76. The number of H-pyrrole nitrogens is 1. The Morgan fingerprint density at radius 1 is 1.65 bits per heavy atom. The van der Waals surface area contributed by atoms with Crippen molar-refractivity contribution in [3.63, 3.8) is 0 Å². The number of carbonyl (C=O) groups is 1. The van der Waals surface area contributed by atoms with Crippen molar-refractivity contribution in [2.24, 2.45) is 0 Å². The van der Waals surface area contributed by atoms with Gasteiger partial charge in [0.05, 0.1) is 0 Å². The first-order valence-corrected chi connectivity index (χ1v) is 6.40. The van der Waals surface area contributed by atoms with Crippen LogP contribution in [0.3, 0.4) is 0 Å². The molecule has 0 fully saturated rings. The topological polar surface area (TPSA) is 78.9 Å². The second-order valence-electron chi connectivity index (χ2n) is 3.13. The van der Waals surface area contributed by atoms with Crippen LogP contribution in [0, 0.1) is 6.92 Å². The molecule has 0 saturated heterocycles. The Bertz CT molecular complexity index is 546. The molecule has 0 unspecified atom stereocenters. The molecule has 2 heterocycles. The van der Waals surface area contributed by atoms with E-state index in [2.05, 4.69) is 15.2 Å². The van der Waals surface area contributed by atoms with Crippen LogP contribution in [0.15, 0.2) is 27.6 Å². The Morgan fingerprint density at radius 2 is 2.47 bits per heavy atom. The van der Waals surface area contributed by atoms with Crippen LogP contribution in [0.5, 0.6) is 0 Å². The predicted molar refractivity (Wildman–Crippen MR) is 66.9 cm³/mol. The van der Waals surface area contributed by atoms with E-state index in [1.54, 1.807) is 13.0 Å². The first kappa shape index (κ1) is 11.9. The molecule has 0 atom stereocenters. The number of aromatic nitrogens is 3. The average Bonchev–Trinajstić information content (AvgIpc) is 2.89. The van der Waals surface area contributed by atoms with Crippen LogP contribution >= 0.6 is 23.1 Å². The van der Waals surface area contributed by atoms with E-state index in [1.807, 2.05) is 17.5 Å². The van der Waals surface area contributed by atoms with E-state index >= 15 is 0 Å². The molecule has 0 aliphatic carbocycles. The van der Waals surface area contributed by atoms with Crippen molar-refractivity contribution in [1.29, 1.82) is 0 Å². The number of rotatable bonds is 4. The fourth-order valence-corrected chi connectivity index (χ4v) is 2.58. The third-order valence-corrected chi connectivity index (χ3v) is 3.50. The first-order chi connectivity index (χ1) is 8.15. The molecule has 2 aromatic rings. The fourth-order valence-electron chi connectivity index (χ4n) is 1.10. The van der Waals surface area contributed by atoms with Gasteiger partial charge in [-0.2, -0.15) is 0 Å². The van der Waals surface area contributed by atoms with Gasteiger partial charge in [0.2, 0.25) is 5.16 Å². The number of carboxylic acid groups (broad SMARTS) is 1. The van der Waals surface area contributed by atoms with Gasteiger partial charge in [-0.15, -0.1) is 16.4 Å². The quantitative estimate of drug-likeness (QED) is 0.657. The molecule has 5 nitrogen and oxygen atoms in total. The smallest absolute Gasteiger partial charge is 0.342 e. The number of thiophene rings is 1. The molecule has 0 spiro atoms. The fraction of sp³-hybridized carbons (Fsp3) is 0.100. The van der Waals surface area contributed by atoms with Crippen LogP contribution in [0.25, 0.3) is 6.08 Å². The minimum absolute atomic E-state index is 0.200. The van der Waals surface area contributed by atoms with Gasteiger partial charge in [-0.3, -0.25) is 5.10 Å². The minimum atomic E-state index is -0.981. The largest absolute Gasteiger partial charge is 0.477 e. The van der Waals surface area contributed by atoms with Gasteiger partial charge in [-0.25, -0.2) is 9.78 Å². The average molecular weight is 267 g/mol. The zero-order valence-corrected chi connectivity index (χ0v) is 10.5. The summed E-state index contributed by atoms with van der Waals surface area (Å²) in [7, 11) is 0. The number of carboxylic acids is 1. The SMILES string of the molecule is Cc1nc(S/C(=C\c2cccs2)C(=O)O)n[nH]1. The maximum atomic E-state index is 11.1. The number of aryl methyl sites for hydroxylation is 1. The van der Waals surface area contributed by atoms with Crippen LogP contribution in [-0.4, -0.2) is 26.3 Å². The Kier molecular flexibility index (Phi) is 3.60. The maximum Gasteiger partial charge on any atom is 0.342 e. The Hall–Kier alpha value is -1.60. The highest BCUT2D eigenvalue weighted by atomic mass is 32.2. The van der Waals surface area contributed by atoms with Crippen molar-refractivity contribution in [2.45, 2.75) is 12.1 Å². The first-order valence-electron chi connectivity index (χ1n) is 4.70.